The standard InChI is InChI=1S/C20H22N4O4S/c1-5-28-15-8-6-7-13(9-15)19-22-23-20(29)24(19)21-12-14-10-17(26-3)18(27-4)11-16(14)25-2/h6-12H,5H2,1-4H3,(H,23,29). The molecule has 152 valence electrons. The van der Waals surface area contributed by atoms with Gasteiger partial charge < -0.3 is 18.9 Å². The van der Waals surface area contributed by atoms with Gasteiger partial charge in [0.15, 0.2) is 17.3 Å². The number of benzene rings is 2. The highest BCUT2D eigenvalue weighted by atomic mass is 32.1. The van der Waals surface area contributed by atoms with Gasteiger partial charge in [0.1, 0.15) is 11.5 Å². The predicted octanol–water partition coefficient (Wildman–Crippen LogP) is 3.91. The molecular weight excluding hydrogens is 392 g/mol. The minimum Gasteiger partial charge on any atom is -0.496 e. The number of H-pyrrole nitrogens is 1. The zero-order valence-corrected chi connectivity index (χ0v) is 17.4. The lowest BCUT2D eigenvalue weighted by Gasteiger charge is -2.11. The Balaban J connectivity index is 2.02. The Labute approximate surface area is 173 Å². The van der Waals surface area contributed by atoms with Crippen LogP contribution < -0.4 is 18.9 Å². The van der Waals surface area contributed by atoms with Crippen LogP contribution in [0.25, 0.3) is 11.4 Å². The third-order valence-electron chi connectivity index (χ3n) is 4.10. The summed E-state index contributed by atoms with van der Waals surface area (Å²) in [6.45, 7) is 2.51. The van der Waals surface area contributed by atoms with Gasteiger partial charge in [0.05, 0.1) is 34.2 Å². The van der Waals surface area contributed by atoms with Crippen LogP contribution >= 0.6 is 12.2 Å². The first-order chi connectivity index (χ1) is 14.1. The number of ether oxygens (including phenoxy) is 4. The van der Waals surface area contributed by atoms with E-state index in [1.807, 2.05) is 31.2 Å². The summed E-state index contributed by atoms with van der Waals surface area (Å²) in [5.41, 5.74) is 1.52. The summed E-state index contributed by atoms with van der Waals surface area (Å²) < 4.78 is 23.6. The molecule has 1 heterocycles. The molecule has 1 aromatic heterocycles. The van der Waals surface area contributed by atoms with Gasteiger partial charge in [-0.3, -0.25) is 0 Å². The molecule has 0 saturated carbocycles. The van der Waals surface area contributed by atoms with Crippen molar-refractivity contribution in [2.75, 3.05) is 27.9 Å². The second-order valence-corrected chi connectivity index (χ2v) is 6.21. The lowest BCUT2D eigenvalue weighted by Crippen LogP contribution is -1.99. The zero-order chi connectivity index (χ0) is 20.8. The Kier molecular flexibility index (Phi) is 6.50. The number of aromatic amines is 1. The van der Waals surface area contributed by atoms with Crippen molar-refractivity contribution < 1.29 is 18.9 Å². The van der Waals surface area contributed by atoms with E-state index in [9.17, 15) is 0 Å². The maximum atomic E-state index is 5.57. The van der Waals surface area contributed by atoms with E-state index in [1.165, 1.54) is 4.68 Å². The van der Waals surface area contributed by atoms with Crippen molar-refractivity contribution in [3.63, 3.8) is 0 Å². The summed E-state index contributed by atoms with van der Waals surface area (Å²) in [6.07, 6.45) is 1.63. The predicted molar refractivity (Wildman–Crippen MR) is 113 cm³/mol. The minimum absolute atomic E-state index is 0.359. The van der Waals surface area contributed by atoms with Crippen molar-refractivity contribution in [3.05, 3.63) is 46.7 Å². The first-order valence-electron chi connectivity index (χ1n) is 8.86. The molecule has 2 aromatic carbocycles. The molecule has 0 aliphatic carbocycles. The van der Waals surface area contributed by atoms with Crippen LogP contribution in [0.3, 0.4) is 0 Å². The van der Waals surface area contributed by atoms with Crippen LogP contribution in [0.5, 0.6) is 23.0 Å². The normalized spacial score (nSPS) is 10.9. The van der Waals surface area contributed by atoms with E-state index in [4.69, 9.17) is 31.2 Å². The van der Waals surface area contributed by atoms with Gasteiger partial charge in [0, 0.05) is 17.2 Å². The molecule has 0 bridgehead atoms. The third kappa shape index (κ3) is 4.40. The highest BCUT2D eigenvalue weighted by Gasteiger charge is 2.12. The van der Waals surface area contributed by atoms with Crippen molar-refractivity contribution in [3.8, 4) is 34.4 Å². The molecule has 0 amide bonds. The first-order valence-corrected chi connectivity index (χ1v) is 9.27. The van der Waals surface area contributed by atoms with Gasteiger partial charge >= 0.3 is 0 Å². The van der Waals surface area contributed by atoms with E-state index in [0.29, 0.717) is 40.0 Å². The summed E-state index contributed by atoms with van der Waals surface area (Å²) >= 11 is 5.35. The highest BCUT2D eigenvalue weighted by Crippen LogP contribution is 2.34. The number of nitrogens with zero attached hydrogens (tertiary/aromatic N) is 3. The number of rotatable bonds is 8. The molecule has 0 atom stereocenters. The number of aromatic nitrogens is 3. The molecule has 29 heavy (non-hydrogen) atoms. The second-order valence-electron chi connectivity index (χ2n) is 5.82. The van der Waals surface area contributed by atoms with E-state index >= 15 is 0 Å². The first kappa shape index (κ1) is 20.4. The van der Waals surface area contributed by atoms with E-state index < -0.39 is 0 Å². The van der Waals surface area contributed by atoms with Crippen molar-refractivity contribution >= 4 is 18.4 Å². The summed E-state index contributed by atoms with van der Waals surface area (Å²) in [7, 11) is 4.71. The average molecular weight is 414 g/mol. The Morgan fingerprint density at radius 3 is 2.48 bits per heavy atom. The van der Waals surface area contributed by atoms with Gasteiger partial charge in [0.2, 0.25) is 4.77 Å². The van der Waals surface area contributed by atoms with Gasteiger partial charge in [-0.15, -0.1) is 0 Å². The quantitative estimate of drug-likeness (QED) is 0.444. The van der Waals surface area contributed by atoms with Crippen LogP contribution in [0.15, 0.2) is 41.5 Å². The van der Waals surface area contributed by atoms with E-state index in [-0.39, 0.29) is 0 Å². The number of nitrogens with one attached hydrogen (secondary N) is 1. The topological polar surface area (TPSA) is 82.9 Å². The summed E-state index contributed by atoms with van der Waals surface area (Å²) in [6, 6.07) is 11.1. The molecule has 1 N–H and O–H groups in total. The SMILES string of the molecule is CCOc1cccc(-c2n[nH]c(=S)n2N=Cc2cc(OC)c(OC)cc2OC)c1. The highest BCUT2D eigenvalue weighted by molar-refractivity contribution is 7.71. The summed E-state index contributed by atoms with van der Waals surface area (Å²) in [4.78, 5) is 0. The molecule has 0 saturated heterocycles. The van der Waals surface area contributed by atoms with Crippen LogP contribution in [-0.4, -0.2) is 49.0 Å². The monoisotopic (exact) mass is 414 g/mol. The smallest absolute Gasteiger partial charge is 0.216 e. The van der Waals surface area contributed by atoms with Crippen LogP contribution in [0, 0.1) is 4.77 Å². The maximum absolute atomic E-state index is 5.57. The maximum Gasteiger partial charge on any atom is 0.216 e. The Morgan fingerprint density at radius 2 is 1.79 bits per heavy atom. The van der Waals surface area contributed by atoms with Crippen LogP contribution in [0.4, 0.5) is 0 Å². The molecule has 0 unspecified atom stereocenters. The van der Waals surface area contributed by atoms with Crippen molar-refractivity contribution in [1.29, 1.82) is 0 Å². The van der Waals surface area contributed by atoms with E-state index in [2.05, 4.69) is 15.3 Å². The van der Waals surface area contributed by atoms with Gasteiger partial charge in [-0.2, -0.15) is 14.9 Å². The fourth-order valence-corrected chi connectivity index (χ4v) is 2.93. The molecule has 0 aliphatic rings. The van der Waals surface area contributed by atoms with Gasteiger partial charge in [0.25, 0.3) is 0 Å². The van der Waals surface area contributed by atoms with Gasteiger partial charge in [-0.05, 0) is 37.3 Å². The molecular formula is C20H22N4O4S. The fourth-order valence-electron chi connectivity index (χ4n) is 2.75. The molecule has 0 radical (unpaired) electrons. The molecule has 0 aliphatic heterocycles. The number of methoxy groups -OCH3 is 3. The zero-order valence-electron chi connectivity index (χ0n) is 16.6. The lowest BCUT2D eigenvalue weighted by molar-refractivity contribution is 0.340. The summed E-state index contributed by atoms with van der Waals surface area (Å²) in [5.74, 6) is 3.02. The minimum atomic E-state index is 0.359. The van der Waals surface area contributed by atoms with E-state index in [1.54, 1.807) is 39.7 Å². The van der Waals surface area contributed by atoms with Gasteiger partial charge in [-0.1, -0.05) is 12.1 Å². The molecule has 3 rings (SSSR count). The number of hydrogen-bond acceptors (Lipinski definition) is 7. The largest absolute Gasteiger partial charge is 0.496 e. The number of hydrogen-bond donors (Lipinski definition) is 1. The van der Waals surface area contributed by atoms with Crippen LogP contribution in [-0.2, 0) is 0 Å². The molecule has 0 fully saturated rings. The lowest BCUT2D eigenvalue weighted by atomic mass is 10.2. The Bertz CT molecular complexity index is 1070. The van der Waals surface area contributed by atoms with Crippen molar-refractivity contribution in [2.45, 2.75) is 6.92 Å². The summed E-state index contributed by atoms with van der Waals surface area (Å²) in [5, 5.41) is 11.6. The molecule has 8 nitrogen and oxygen atoms in total. The Morgan fingerprint density at radius 1 is 1.07 bits per heavy atom. The van der Waals surface area contributed by atoms with Crippen molar-refractivity contribution in [1.82, 2.24) is 14.9 Å². The average Bonchev–Trinajstić information content (AvgIpc) is 3.12. The molecule has 3 aromatic rings. The second kappa shape index (κ2) is 9.24. The Hall–Kier alpha value is -3.33. The van der Waals surface area contributed by atoms with E-state index in [0.717, 1.165) is 11.3 Å². The van der Waals surface area contributed by atoms with Gasteiger partial charge in [-0.25, -0.2) is 5.10 Å². The van der Waals surface area contributed by atoms with Crippen LogP contribution in [0.1, 0.15) is 12.5 Å². The van der Waals surface area contributed by atoms with Crippen molar-refractivity contribution in [2.24, 2.45) is 5.10 Å². The fraction of sp³-hybridized carbons (Fsp3) is 0.250. The molecule has 0 spiro atoms. The van der Waals surface area contributed by atoms with Crippen LogP contribution in [0.2, 0.25) is 0 Å². The third-order valence-corrected chi connectivity index (χ3v) is 4.37. The molecule has 9 heteroatoms.